The molecule has 1 aliphatic rings. The monoisotopic (exact) mass is 344 g/mol. The highest BCUT2D eigenvalue weighted by atomic mass is 16.4. The Morgan fingerprint density at radius 3 is 2.64 bits per heavy atom. The van der Waals surface area contributed by atoms with Crippen LogP contribution in [0.4, 0.5) is 4.79 Å². The molecule has 2 heterocycles. The molecule has 2 aromatic heterocycles. The van der Waals surface area contributed by atoms with Crippen LogP contribution in [0.1, 0.15) is 29.0 Å². The highest BCUT2D eigenvalue weighted by molar-refractivity contribution is 5.96. The van der Waals surface area contributed by atoms with Gasteiger partial charge in [-0.25, -0.2) is 9.78 Å². The number of hydrogen-bond acceptors (Lipinski definition) is 5. The minimum Gasteiger partial charge on any atom is -0.465 e. The number of likely N-dealkylation sites (N-methyl/N-ethyl adjacent to an activating group) is 1. The molecule has 2 amide bonds. The number of hydrogen-bond donors (Lipinski definition) is 2. The third-order valence-electron chi connectivity index (χ3n) is 4.30. The van der Waals surface area contributed by atoms with Crippen molar-refractivity contribution in [1.82, 2.24) is 30.2 Å². The zero-order valence-corrected chi connectivity index (χ0v) is 14.1. The first-order valence-electron chi connectivity index (χ1n) is 8.05. The lowest BCUT2D eigenvalue weighted by Gasteiger charge is -2.28. The molecule has 1 aliphatic carbocycles. The summed E-state index contributed by atoms with van der Waals surface area (Å²) < 4.78 is 0. The number of pyridine rings is 1. The van der Waals surface area contributed by atoms with E-state index in [1.165, 1.54) is 17.2 Å². The summed E-state index contributed by atoms with van der Waals surface area (Å²) in [6.07, 6.45) is 3.93. The van der Waals surface area contributed by atoms with Crippen molar-refractivity contribution in [2.45, 2.75) is 25.8 Å². The van der Waals surface area contributed by atoms with Gasteiger partial charge in [0.2, 0.25) is 0 Å². The molecule has 9 heteroatoms. The highest BCUT2D eigenvalue weighted by Crippen LogP contribution is 2.35. The molecule has 0 spiro atoms. The third kappa shape index (κ3) is 3.76. The summed E-state index contributed by atoms with van der Waals surface area (Å²) >= 11 is 0. The van der Waals surface area contributed by atoms with Crippen LogP contribution in [0, 0.1) is 12.8 Å². The summed E-state index contributed by atoms with van der Waals surface area (Å²) in [5, 5.41) is 19.4. The van der Waals surface area contributed by atoms with Crippen molar-refractivity contribution >= 4 is 12.0 Å². The second-order valence-electron chi connectivity index (χ2n) is 6.15. The fourth-order valence-electron chi connectivity index (χ4n) is 2.82. The van der Waals surface area contributed by atoms with Gasteiger partial charge in [-0.3, -0.25) is 4.79 Å². The largest absolute Gasteiger partial charge is 0.465 e. The molecule has 0 saturated heterocycles. The molecule has 2 aromatic rings. The van der Waals surface area contributed by atoms with E-state index in [9.17, 15) is 9.59 Å². The smallest absolute Gasteiger partial charge is 0.404 e. The number of nitrogens with zero attached hydrogens (tertiary/aromatic N) is 5. The number of aromatic nitrogens is 4. The van der Waals surface area contributed by atoms with E-state index in [1.54, 1.807) is 31.0 Å². The first-order valence-corrected chi connectivity index (χ1v) is 8.05. The standard InChI is InChI=1S/C16H20N6O3/c1-10-3-6-12(22-18-7-8-19-22)14(20-10)15(23)21(2)13(11-4-5-11)9-17-16(24)25/h3,6-8,11,13,17H,4-5,9H2,1-2H3,(H,24,25). The summed E-state index contributed by atoms with van der Waals surface area (Å²) in [5.74, 6) is 0.0250. The van der Waals surface area contributed by atoms with E-state index >= 15 is 0 Å². The average molecular weight is 344 g/mol. The molecule has 0 bridgehead atoms. The van der Waals surface area contributed by atoms with Crippen molar-refractivity contribution in [3.05, 3.63) is 35.9 Å². The van der Waals surface area contributed by atoms with Gasteiger partial charge in [0.05, 0.1) is 18.4 Å². The van der Waals surface area contributed by atoms with Crippen LogP contribution in [-0.2, 0) is 0 Å². The van der Waals surface area contributed by atoms with Crippen LogP contribution in [0.15, 0.2) is 24.5 Å². The second kappa shape index (κ2) is 6.88. The van der Waals surface area contributed by atoms with Crippen LogP contribution < -0.4 is 5.32 Å². The van der Waals surface area contributed by atoms with Gasteiger partial charge in [0.15, 0.2) is 5.69 Å². The zero-order chi connectivity index (χ0) is 18.0. The molecule has 1 fully saturated rings. The van der Waals surface area contributed by atoms with Crippen molar-refractivity contribution in [3.8, 4) is 5.69 Å². The lowest BCUT2D eigenvalue weighted by atomic mass is 10.1. The Hall–Kier alpha value is -2.97. The van der Waals surface area contributed by atoms with E-state index in [4.69, 9.17) is 5.11 Å². The van der Waals surface area contributed by atoms with Gasteiger partial charge in [0.1, 0.15) is 5.69 Å². The van der Waals surface area contributed by atoms with E-state index in [1.807, 2.05) is 0 Å². The highest BCUT2D eigenvalue weighted by Gasteiger charge is 2.37. The topological polar surface area (TPSA) is 113 Å². The number of carbonyl (C=O) groups excluding carboxylic acids is 1. The van der Waals surface area contributed by atoms with Gasteiger partial charge in [-0.2, -0.15) is 10.2 Å². The van der Waals surface area contributed by atoms with Gasteiger partial charge in [-0.05, 0) is 37.8 Å². The lowest BCUT2D eigenvalue weighted by Crippen LogP contribution is -2.46. The summed E-state index contributed by atoms with van der Waals surface area (Å²) in [4.78, 5) is 31.2. The molecule has 25 heavy (non-hydrogen) atoms. The van der Waals surface area contributed by atoms with Gasteiger partial charge in [0, 0.05) is 19.3 Å². The predicted octanol–water partition coefficient (Wildman–Crippen LogP) is 1.09. The van der Waals surface area contributed by atoms with E-state index in [-0.39, 0.29) is 24.2 Å². The number of carboxylic acid groups (broad SMARTS) is 1. The maximum Gasteiger partial charge on any atom is 0.404 e. The Bertz CT molecular complexity index is 772. The zero-order valence-electron chi connectivity index (χ0n) is 14.1. The quantitative estimate of drug-likeness (QED) is 0.811. The van der Waals surface area contributed by atoms with Crippen LogP contribution in [0.25, 0.3) is 5.69 Å². The summed E-state index contributed by atoms with van der Waals surface area (Å²) in [7, 11) is 1.68. The van der Waals surface area contributed by atoms with Crippen molar-refractivity contribution in [1.29, 1.82) is 0 Å². The van der Waals surface area contributed by atoms with Crippen LogP contribution in [0.3, 0.4) is 0 Å². The Balaban J connectivity index is 1.88. The fourth-order valence-corrected chi connectivity index (χ4v) is 2.82. The molecule has 0 aromatic carbocycles. The van der Waals surface area contributed by atoms with Gasteiger partial charge < -0.3 is 15.3 Å². The van der Waals surface area contributed by atoms with Crippen LogP contribution in [0.5, 0.6) is 0 Å². The summed E-state index contributed by atoms with van der Waals surface area (Å²) in [6.45, 7) is 2.00. The average Bonchev–Trinajstić information content (AvgIpc) is 3.27. The molecule has 132 valence electrons. The van der Waals surface area contributed by atoms with Crippen LogP contribution in [0.2, 0.25) is 0 Å². The molecule has 0 aliphatic heterocycles. The number of nitrogens with one attached hydrogen (secondary N) is 1. The van der Waals surface area contributed by atoms with Gasteiger partial charge >= 0.3 is 6.09 Å². The third-order valence-corrected chi connectivity index (χ3v) is 4.30. The number of rotatable bonds is 6. The molecular formula is C16H20N6O3. The molecule has 9 nitrogen and oxygen atoms in total. The first kappa shape index (κ1) is 16.9. The minimum atomic E-state index is -1.10. The van der Waals surface area contributed by atoms with Crippen LogP contribution in [-0.4, -0.2) is 61.6 Å². The van der Waals surface area contributed by atoms with Crippen LogP contribution >= 0.6 is 0 Å². The van der Waals surface area contributed by atoms with Crippen molar-refractivity contribution in [2.24, 2.45) is 5.92 Å². The van der Waals surface area contributed by atoms with Crippen molar-refractivity contribution in [3.63, 3.8) is 0 Å². The second-order valence-corrected chi connectivity index (χ2v) is 6.15. The SMILES string of the molecule is Cc1ccc(-n2nccn2)c(C(=O)N(C)C(CNC(=O)O)C2CC2)n1. The number of carbonyl (C=O) groups is 2. The van der Waals surface area contributed by atoms with E-state index in [0.717, 1.165) is 12.8 Å². The lowest BCUT2D eigenvalue weighted by molar-refractivity contribution is 0.0702. The molecular weight excluding hydrogens is 324 g/mol. The fraction of sp³-hybridized carbons (Fsp3) is 0.438. The first-order chi connectivity index (χ1) is 12.0. The predicted molar refractivity (Wildman–Crippen MR) is 88.5 cm³/mol. The van der Waals surface area contributed by atoms with Gasteiger partial charge in [0.25, 0.3) is 5.91 Å². The Morgan fingerprint density at radius 2 is 2.04 bits per heavy atom. The number of aryl methyl sites for hydroxylation is 1. The number of amides is 2. The molecule has 1 saturated carbocycles. The molecule has 3 rings (SSSR count). The molecule has 2 N–H and O–H groups in total. The maximum absolute atomic E-state index is 13.1. The van der Waals surface area contributed by atoms with E-state index in [0.29, 0.717) is 17.3 Å². The molecule has 1 atom stereocenters. The van der Waals surface area contributed by atoms with Gasteiger partial charge in [-0.15, -0.1) is 4.80 Å². The van der Waals surface area contributed by atoms with Crippen molar-refractivity contribution < 1.29 is 14.7 Å². The van der Waals surface area contributed by atoms with E-state index in [2.05, 4.69) is 20.5 Å². The normalized spacial score (nSPS) is 14.8. The molecule has 1 unspecified atom stereocenters. The van der Waals surface area contributed by atoms with Gasteiger partial charge in [-0.1, -0.05) is 0 Å². The summed E-state index contributed by atoms with van der Waals surface area (Å²) in [5.41, 5.74) is 1.45. The Labute approximate surface area is 144 Å². The Morgan fingerprint density at radius 1 is 1.36 bits per heavy atom. The molecule has 0 radical (unpaired) electrons. The maximum atomic E-state index is 13.1. The van der Waals surface area contributed by atoms with Crippen molar-refractivity contribution in [2.75, 3.05) is 13.6 Å². The minimum absolute atomic E-state index is 0.198. The van der Waals surface area contributed by atoms with E-state index < -0.39 is 6.09 Å². The Kier molecular flexibility index (Phi) is 4.64. The summed E-state index contributed by atoms with van der Waals surface area (Å²) in [6, 6.07) is 3.34.